The van der Waals surface area contributed by atoms with E-state index in [9.17, 15) is 19.5 Å². The fourth-order valence-corrected chi connectivity index (χ4v) is 3.44. The Morgan fingerprint density at radius 2 is 1.96 bits per heavy atom. The van der Waals surface area contributed by atoms with Gasteiger partial charge in [0.05, 0.1) is 16.9 Å². The second kappa shape index (κ2) is 6.76. The summed E-state index contributed by atoms with van der Waals surface area (Å²) in [4.78, 5) is 36.0. The third-order valence-electron chi connectivity index (χ3n) is 3.46. The van der Waals surface area contributed by atoms with Crippen molar-refractivity contribution in [2.75, 3.05) is 10.6 Å². The number of fused-ring (bicyclic) bond motifs is 1. The Morgan fingerprint density at radius 1 is 1.17 bits per heavy atom. The van der Waals surface area contributed by atoms with Crippen molar-refractivity contribution in [1.82, 2.24) is 0 Å². The van der Waals surface area contributed by atoms with E-state index >= 15 is 0 Å². The summed E-state index contributed by atoms with van der Waals surface area (Å²) < 4.78 is 0. The minimum absolute atomic E-state index is 0.0135. The van der Waals surface area contributed by atoms with Gasteiger partial charge in [0.15, 0.2) is 0 Å². The molecule has 122 valence electrons. The number of benzene rings is 2. The molecule has 2 aromatic carbocycles. The largest absolute Gasteiger partial charge is 0.545 e. The normalized spacial score (nSPS) is 16.0. The highest BCUT2D eigenvalue weighted by molar-refractivity contribution is 8.01. The monoisotopic (exact) mass is 341 g/mol. The van der Waals surface area contributed by atoms with E-state index < -0.39 is 11.2 Å². The summed E-state index contributed by atoms with van der Waals surface area (Å²) in [7, 11) is 0. The van der Waals surface area contributed by atoms with Crippen LogP contribution in [0.1, 0.15) is 16.8 Å². The van der Waals surface area contributed by atoms with Gasteiger partial charge < -0.3 is 20.5 Å². The molecule has 1 heterocycles. The van der Waals surface area contributed by atoms with Gasteiger partial charge in [-0.1, -0.05) is 24.3 Å². The van der Waals surface area contributed by atoms with E-state index in [0.29, 0.717) is 5.69 Å². The predicted octanol–water partition coefficient (Wildman–Crippen LogP) is 1.49. The average Bonchev–Trinajstić information content (AvgIpc) is 2.55. The molecule has 6 nitrogen and oxygen atoms in total. The van der Waals surface area contributed by atoms with E-state index in [1.807, 2.05) is 24.3 Å². The Morgan fingerprint density at radius 3 is 2.75 bits per heavy atom. The number of thioether (sulfide) groups is 1. The topological polar surface area (TPSA) is 98.3 Å². The van der Waals surface area contributed by atoms with Crippen molar-refractivity contribution in [2.24, 2.45) is 0 Å². The molecule has 2 amide bonds. The second-order valence-electron chi connectivity index (χ2n) is 5.21. The fraction of sp³-hybridized carbons (Fsp3) is 0.118. The van der Waals surface area contributed by atoms with Gasteiger partial charge in [-0.25, -0.2) is 0 Å². The maximum Gasteiger partial charge on any atom is 0.238 e. The standard InChI is InChI=1S/C17H14N2O4S/c20-15(18-11-5-3-4-10(8-11)17(22)23)9-14-16(21)19-12-6-1-2-7-13(12)24-14/h1-8,14H,9H2,(H,18,20)(H,19,21)(H,22,23)/p-1/t14-/m0/s1. The molecule has 24 heavy (non-hydrogen) atoms. The van der Waals surface area contributed by atoms with Gasteiger partial charge in [-0.3, -0.25) is 9.59 Å². The first-order valence-corrected chi connectivity index (χ1v) is 8.09. The molecule has 0 radical (unpaired) electrons. The van der Waals surface area contributed by atoms with Crippen molar-refractivity contribution in [3.05, 3.63) is 54.1 Å². The number of anilines is 2. The number of carbonyl (C=O) groups is 3. The van der Waals surface area contributed by atoms with Crippen LogP contribution in [0.2, 0.25) is 0 Å². The Balaban J connectivity index is 1.66. The molecule has 0 aliphatic carbocycles. The maximum absolute atomic E-state index is 12.2. The number of rotatable bonds is 4. The van der Waals surface area contributed by atoms with E-state index in [-0.39, 0.29) is 23.8 Å². The predicted molar refractivity (Wildman–Crippen MR) is 88.7 cm³/mol. The first-order valence-electron chi connectivity index (χ1n) is 7.21. The van der Waals surface area contributed by atoms with Gasteiger partial charge in [0, 0.05) is 17.0 Å². The van der Waals surface area contributed by atoms with Gasteiger partial charge in [-0.2, -0.15) is 0 Å². The van der Waals surface area contributed by atoms with E-state index in [0.717, 1.165) is 10.6 Å². The molecule has 0 saturated heterocycles. The van der Waals surface area contributed by atoms with Crippen LogP contribution in [0.5, 0.6) is 0 Å². The van der Waals surface area contributed by atoms with Crippen molar-refractivity contribution in [2.45, 2.75) is 16.6 Å². The van der Waals surface area contributed by atoms with E-state index in [1.165, 1.54) is 30.0 Å². The fourth-order valence-electron chi connectivity index (χ4n) is 2.33. The van der Waals surface area contributed by atoms with Gasteiger partial charge in [0.2, 0.25) is 11.8 Å². The van der Waals surface area contributed by atoms with Crippen molar-refractivity contribution < 1.29 is 19.5 Å². The maximum atomic E-state index is 12.2. The molecule has 2 aromatic rings. The first-order chi connectivity index (χ1) is 11.5. The summed E-state index contributed by atoms with van der Waals surface area (Å²) in [6.07, 6.45) is -0.0135. The molecule has 0 spiro atoms. The molecule has 1 atom stereocenters. The van der Waals surface area contributed by atoms with Gasteiger partial charge in [-0.05, 0) is 29.8 Å². The molecule has 2 N–H and O–H groups in total. The molecule has 0 fully saturated rings. The van der Waals surface area contributed by atoms with Gasteiger partial charge >= 0.3 is 0 Å². The zero-order valence-electron chi connectivity index (χ0n) is 12.4. The van der Waals surface area contributed by atoms with Crippen LogP contribution in [0, 0.1) is 0 Å². The Labute approximate surface area is 142 Å². The molecule has 0 bridgehead atoms. The van der Waals surface area contributed by atoms with Crippen molar-refractivity contribution in [3.8, 4) is 0 Å². The van der Waals surface area contributed by atoms with Crippen molar-refractivity contribution >= 4 is 40.9 Å². The van der Waals surface area contributed by atoms with Gasteiger partial charge in [0.1, 0.15) is 0 Å². The molecule has 1 aliphatic rings. The summed E-state index contributed by atoms with van der Waals surface area (Å²) in [5.74, 6) is -1.90. The van der Waals surface area contributed by atoms with Crippen molar-refractivity contribution in [1.29, 1.82) is 0 Å². The quantitative estimate of drug-likeness (QED) is 0.878. The van der Waals surface area contributed by atoms with Crippen LogP contribution < -0.4 is 15.7 Å². The van der Waals surface area contributed by atoms with Crippen LogP contribution in [0.4, 0.5) is 11.4 Å². The lowest BCUT2D eigenvalue weighted by molar-refractivity contribution is -0.255. The summed E-state index contributed by atoms with van der Waals surface area (Å²) in [5, 5.41) is 15.7. The number of aromatic carboxylic acids is 1. The molecule has 1 aliphatic heterocycles. The summed E-state index contributed by atoms with van der Waals surface area (Å²) in [5.41, 5.74) is 1.07. The SMILES string of the molecule is O=C(C[C@@H]1Sc2ccccc2NC1=O)Nc1cccc(C(=O)[O-])c1. The third kappa shape index (κ3) is 3.57. The second-order valence-corrected chi connectivity index (χ2v) is 6.46. The lowest BCUT2D eigenvalue weighted by Gasteiger charge is -2.23. The molecule has 0 aromatic heterocycles. The minimum atomic E-state index is -1.31. The Bertz CT molecular complexity index is 822. The molecule has 7 heteroatoms. The zero-order chi connectivity index (χ0) is 17.1. The number of nitrogens with one attached hydrogen (secondary N) is 2. The Kier molecular flexibility index (Phi) is 4.52. The van der Waals surface area contributed by atoms with Crippen LogP contribution in [-0.4, -0.2) is 23.0 Å². The number of hydrogen-bond donors (Lipinski definition) is 2. The summed E-state index contributed by atoms with van der Waals surface area (Å²) in [6, 6.07) is 13.2. The van der Waals surface area contributed by atoms with E-state index in [2.05, 4.69) is 10.6 Å². The van der Waals surface area contributed by atoms with Gasteiger partial charge in [0.25, 0.3) is 0 Å². The molecular formula is C17H13N2O4S-. The number of carboxylic acids is 1. The minimum Gasteiger partial charge on any atom is -0.545 e. The molecule has 3 rings (SSSR count). The van der Waals surface area contributed by atoms with E-state index in [1.54, 1.807) is 6.07 Å². The van der Waals surface area contributed by atoms with Crippen LogP contribution in [0.15, 0.2) is 53.4 Å². The molecule has 0 saturated carbocycles. The van der Waals surface area contributed by atoms with Crippen LogP contribution in [-0.2, 0) is 9.59 Å². The zero-order valence-corrected chi connectivity index (χ0v) is 13.3. The van der Waals surface area contributed by atoms with Crippen LogP contribution in [0.3, 0.4) is 0 Å². The highest BCUT2D eigenvalue weighted by Crippen LogP contribution is 2.36. The number of hydrogen-bond acceptors (Lipinski definition) is 5. The lowest BCUT2D eigenvalue weighted by Crippen LogP contribution is -2.32. The number of carbonyl (C=O) groups excluding carboxylic acids is 3. The van der Waals surface area contributed by atoms with Gasteiger partial charge in [-0.15, -0.1) is 11.8 Å². The smallest absolute Gasteiger partial charge is 0.238 e. The first kappa shape index (κ1) is 16.1. The number of amides is 2. The lowest BCUT2D eigenvalue weighted by atomic mass is 10.2. The number of para-hydroxylation sites is 1. The molecular weight excluding hydrogens is 328 g/mol. The van der Waals surface area contributed by atoms with E-state index in [4.69, 9.17) is 0 Å². The third-order valence-corrected chi connectivity index (χ3v) is 4.73. The average molecular weight is 341 g/mol. The highest BCUT2D eigenvalue weighted by atomic mass is 32.2. The summed E-state index contributed by atoms with van der Waals surface area (Å²) in [6.45, 7) is 0. The molecule has 0 unspecified atom stereocenters. The Hall–Kier alpha value is -2.80. The highest BCUT2D eigenvalue weighted by Gasteiger charge is 2.28. The van der Waals surface area contributed by atoms with Crippen LogP contribution in [0.25, 0.3) is 0 Å². The number of carboxylic acid groups (broad SMARTS) is 1. The van der Waals surface area contributed by atoms with Crippen molar-refractivity contribution in [3.63, 3.8) is 0 Å². The summed E-state index contributed by atoms with van der Waals surface area (Å²) >= 11 is 1.34. The van der Waals surface area contributed by atoms with Crippen LogP contribution >= 0.6 is 11.8 Å².